The average Bonchev–Trinajstić information content (AvgIpc) is 2.28. The van der Waals surface area contributed by atoms with Crippen molar-refractivity contribution in [2.75, 3.05) is 33.4 Å². The summed E-state index contributed by atoms with van der Waals surface area (Å²) in [5.41, 5.74) is -0.214. The van der Waals surface area contributed by atoms with Crippen molar-refractivity contribution in [1.82, 2.24) is 10.2 Å². The first-order valence-electron chi connectivity index (χ1n) is 7.00. The molecule has 2 unspecified atom stereocenters. The molecule has 2 N–H and O–H groups in total. The summed E-state index contributed by atoms with van der Waals surface area (Å²) in [7, 11) is 1.73. The normalized spacial score (nSPS) is 17.2. The van der Waals surface area contributed by atoms with Crippen molar-refractivity contribution in [2.45, 2.75) is 58.7 Å². The number of methoxy groups -OCH3 is 1. The molecule has 110 valence electrons. The van der Waals surface area contributed by atoms with E-state index in [1.165, 1.54) is 0 Å². The van der Waals surface area contributed by atoms with Crippen LogP contribution < -0.4 is 5.32 Å². The fourth-order valence-corrected chi connectivity index (χ4v) is 2.55. The summed E-state index contributed by atoms with van der Waals surface area (Å²) in [6, 6.07) is 0.803. The van der Waals surface area contributed by atoms with E-state index in [-0.39, 0.29) is 12.1 Å². The molecule has 0 aliphatic rings. The first-order chi connectivity index (χ1) is 8.38. The van der Waals surface area contributed by atoms with E-state index < -0.39 is 0 Å². The van der Waals surface area contributed by atoms with E-state index in [2.05, 4.69) is 44.8 Å². The van der Waals surface area contributed by atoms with Crippen molar-refractivity contribution in [3.63, 3.8) is 0 Å². The molecule has 4 heteroatoms. The molecule has 0 fully saturated rings. The largest absolute Gasteiger partial charge is 0.394 e. The predicted octanol–water partition coefficient (Wildman–Crippen LogP) is 1.48. The molecule has 0 radical (unpaired) electrons. The number of aliphatic hydroxyl groups excluding tert-OH is 1. The maximum Gasteiger partial charge on any atom is 0.0611 e. The lowest BCUT2D eigenvalue weighted by Crippen LogP contribution is -2.53. The topological polar surface area (TPSA) is 44.7 Å². The van der Waals surface area contributed by atoms with Crippen LogP contribution in [0.15, 0.2) is 0 Å². The second-order valence-electron chi connectivity index (χ2n) is 5.69. The van der Waals surface area contributed by atoms with Gasteiger partial charge in [-0.05, 0) is 26.8 Å². The second-order valence-corrected chi connectivity index (χ2v) is 5.69. The minimum Gasteiger partial charge on any atom is -0.394 e. The quantitative estimate of drug-likeness (QED) is 0.624. The van der Waals surface area contributed by atoms with Crippen LogP contribution in [0.1, 0.15) is 41.0 Å². The standard InChI is InChI=1S/C14H32N2O2/c1-7-16(8-9-18-6)13(4)10-14(5,11-17)15-12(2)3/h12-13,15,17H,7-11H2,1-6H3. The summed E-state index contributed by atoms with van der Waals surface area (Å²) in [6.45, 7) is 13.6. The van der Waals surface area contributed by atoms with Gasteiger partial charge < -0.3 is 15.2 Å². The van der Waals surface area contributed by atoms with Crippen LogP contribution in [0, 0.1) is 0 Å². The number of nitrogens with one attached hydrogen (secondary N) is 1. The fraction of sp³-hybridized carbons (Fsp3) is 1.00. The van der Waals surface area contributed by atoms with Crippen molar-refractivity contribution in [1.29, 1.82) is 0 Å². The number of aliphatic hydroxyl groups is 1. The van der Waals surface area contributed by atoms with Gasteiger partial charge in [0.15, 0.2) is 0 Å². The Morgan fingerprint density at radius 2 is 1.94 bits per heavy atom. The van der Waals surface area contributed by atoms with E-state index in [0.29, 0.717) is 12.1 Å². The molecule has 0 aliphatic carbocycles. The number of nitrogens with zero attached hydrogens (tertiary/aromatic N) is 1. The molecule has 0 aromatic carbocycles. The zero-order valence-corrected chi connectivity index (χ0v) is 13.0. The maximum atomic E-state index is 9.61. The molecule has 0 spiro atoms. The Balaban J connectivity index is 4.42. The minimum atomic E-state index is -0.214. The number of likely N-dealkylation sites (N-methyl/N-ethyl adjacent to an activating group) is 1. The van der Waals surface area contributed by atoms with E-state index in [0.717, 1.165) is 26.1 Å². The Labute approximate surface area is 113 Å². The Kier molecular flexibility index (Phi) is 8.78. The van der Waals surface area contributed by atoms with Crippen molar-refractivity contribution in [3.8, 4) is 0 Å². The third-order valence-corrected chi connectivity index (χ3v) is 3.34. The summed E-state index contributed by atoms with van der Waals surface area (Å²) in [5.74, 6) is 0. The SMILES string of the molecule is CCN(CCOC)C(C)CC(C)(CO)NC(C)C. The van der Waals surface area contributed by atoms with E-state index in [4.69, 9.17) is 4.74 Å². The first-order valence-corrected chi connectivity index (χ1v) is 7.00. The number of rotatable bonds is 10. The molecular formula is C14H32N2O2. The lowest BCUT2D eigenvalue weighted by Gasteiger charge is -2.37. The van der Waals surface area contributed by atoms with Crippen LogP contribution in [-0.2, 0) is 4.74 Å². The first kappa shape index (κ1) is 17.8. The number of ether oxygens (including phenoxy) is 1. The molecule has 0 rings (SSSR count). The van der Waals surface area contributed by atoms with E-state index in [9.17, 15) is 5.11 Å². The highest BCUT2D eigenvalue weighted by Crippen LogP contribution is 2.16. The van der Waals surface area contributed by atoms with Gasteiger partial charge in [-0.2, -0.15) is 0 Å². The Morgan fingerprint density at radius 3 is 2.33 bits per heavy atom. The van der Waals surface area contributed by atoms with Crippen LogP contribution in [0.5, 0.6) is 0 Å². The predicted molar refractivity (Wildman–Crippen MR) is 77.0 cm³/mol. The molecule has 0 aliphatic heterocycles. The molecule has 0 heterocycles. The van der Waals surface area contributed by atoms with Crippen LogP contribution in [0.3, 0.4) is 0 Å². The molecule has 0 saturated heterocycles. The van der Waals surface area contributed by atoms with Crippen LogP contribution in [0.4, 0.5) is 0 Å². The van der Waals surface area contributed by atoms with Gasteiger partial charge in [0.2, 0.25) is 0 Å². The fourth-order valence-electron chi connectivity index (χ4n) is 2.55. The van der Waals surface area contributed by atoms with Crippen molar-refractivity contribution < 1.29 is 9.84 Å². The van der Waals surface area contributed by atoms with Crippen LogP contribution in [0.2, 0.25) is 0 Å². The molecule has 0 bridgehead atoms. The summed E-state index contributed by atoms with van der Waals surface area (Å²) in [4.78, 5) is 2.39. The zero-order valence-electron chi connectivity index (χ0n) is 13.0. The Bertz CT molecular complexity index is 212. The molecule has 2 atom stereocenters. The van der Waals surface area contributed by atoms with Gasteiger partial charge in [0.1, 0.15) is 0 Å². The Hall–Kier alpha value is -0.160. The second kappa shape index (κ2) is 8.86. The van der Waals surface area contributed by atoms with Crippen molar-refractivity contribution in [3.05, 3.63) is 0 Å². The van der Waals surface area contributed by atoms with Crippen LogP contribution in [-0.4, -0.2) is 61.0 Å². The van der Waals surface area contributed by atoms with Crippen LogP contribution >= 0.6 is 0 Å². The van der Waals surface area contributed by atoms with Gasteiger partial charge in [0, 0.05) is 31.3 Å². The summed E-state index contributed by atoms with van der Waals surface area (Å²) in [5, 5.41) is 13.1. The monoisotopic (exact) mass is 260 g/mol. The van der Waals surface area contributed by atoms with Crippen molar-refractivity contribution >= 4 is 0 Å². The zero-order chi connectivity index (χ0) is 14.2. The van der Waals surface area contributed by atoms with Gasteiger partial charge in [-0.25, -0.2) is 0 Å². The van der Waals surface area contributed by atoms with Gasteiger partial charge in [-0.1, -0.05) is 20.8 Å². The smallest absolute Gasteiger partial charge is 0.0611 e. The van der Waals surface area contributed by atoms with Gasteiger partial charge in [-0.15, -0.1) is 0 Å². The third-order valence-electron chi connectivity index (χ3n) is 3.34. The molecule has 0 aromatic heterocycles. The van der Waals surface area contributed by atoms with Gasteiger partial charge in [0.05, 0.1) is 13.2 Å². The molecule has 4 nitrogen and oxygen atoms in total. The van der Waals surface area contributed by atoms with E-state index in [1.807, 2.05) is 0 Å². The average molecular weight is 260 g/mol. The molecular weight excluding hydrogens is 228 g/mol. The highest BCUT2D eigenvalue weighted by Gasteiger charge is 2.28. The highest BCUT2D eigenvalue weighted by atomic mass is 16.5. The van der Waals surface area contributed by atoms with Gasteiger partial charge >= 0.3 is 0 Å². The summed E-state index contributed by atoms with van der Waals surface area (Å²) >= 11 is 0. The number of hydrogen-bond donors (Lipinski definition) is 2. The number of hydrogen-bond acceptors (Lipinski definition) is 4. The summed E-state index contributed by atoms with van der Waals surface area (Å²) < 4.78 is 5.14. The molecule has 18 heavy (non-hydrogen) atoms. The van der Waals surface area contributed by atoms with E-state index >= 15 is 0 Å². The third kappa shape index (κ3) is 6.69. The van der Waals surface area contributed by atoms with Gasteiger partial charge in [-0.3, -0.25) is 4.90 Å². The lowest BCUT2D eigenvalue weighted by atomic mass is 9.93. The minimum absolute atomic E-state index is 0.164. The lowest BCUT2D eigenvalue weighted by molar-refractivity contribution is 0.0893. The van der Waals surface area contributed by atoms with Crippen molar-refractivity contribution in [2.24, 2.45) is 0 Å². The summed E-state index contributed by atoms with van der Waals surface area (Å²) in [6.07, 6.45) is 0.930. The molecule has 0 aromatic rings. The molecule has 0 amide bonds. The highest BCUT2D eigenvalue weighted by molar-refractivity contribution is 4.88. The maximum absolute atomic E-state index is 9.61. The van der Waals surface area contributed by atoms with E-state index in [1.54, 1.807) is 7.11 Å². The molecule has 0 saturated carbocycles. The van der Waals surface area contributed by atoms with Crippen LogP contribution in [0.25, 0.3) is 0 Å². The van der Waals surface area contributed by atoms with Gasteiger partial charge in [0.25, 0.3) is 0 Å². The Morgan fingerprint density at radius 1 is 1.33 bits per heavy atom.